The molecule has 1 aromatic heterocycles. The number of aromatic nitrogens is 1. The lowest BCUT2D eigenvalue weighted by Crippen LogP contribution is -1.66. The summed E-state index contributed by atoms with van der Waals surface area (Å²) in [5.41, 5.74) is 0. The monoisotopic (exact) mass is 129 g/mol. The smallest absolute Gasteiger partial charge is 0.0813 e. The average Bonchev–Trinajstić information content (AvgIpc) is 1.90. The summed E-state index contributed by atoms with van der Waals surface area (Å²) in [4.78, 5) is 4.31. The van der Waals surface area contributed by atoms with Crippen molar-refractivity contribution in [3.63, 3.8) is 0 Å². The molecule has 1 rings (SSSR count). The Morgan fingerprint density at radius 3 is 2.38 bits per heavy atom. The van der Waals surface area contributed by atoms with Gasteiger partial charge in [-0.25, -0.2) is 0 Å². The van der Waals surface area contributed by atoms with E-state index in [1.807, 2.05) is 0 Å². The molecule has 0 aliphatic rings. The largest absolute Gasteiger partial charge is 0.265 e. The molecule has 0 aromatic carbocycles. The predicted molar refractivity (Wildman–Crippen MR) is 31.2 cm³/mol. The standard InChI is InChI=1S/C5H4FNS/c6-8-5-1-3-7-4-2-5/h1-4H. The van der Waals surface area contributed by atoms with E-state index in [0.29, 0.717) is 4.90 Å². The quantitative estimate of drug-likeness (QED) is 0.575. The number of nitrogens with zero attached hydrogens (tertiary/aromatic N) is 1. The lowest BCUT2D eigenvalue weighted by atomic mass is 10.5. The van der Waals surface area contributed by atoms with Gasteiger partial charge in [-0.1, -0.05) is 0 Å². The molecule has 0 fully saturated rings. The molecule has 0 N–H and O–H groups in total. The molecule has 1 aromatic rings. The minimum Gasteiger partial charge on any atom is -0.265 e. The van der Waals surface area contributed by atoms with Gasteiger partial charge in [0.1, 0.15) is 0 Å². The van der Waals surface area contributed by atoms with E-state index in [0.717, 1.165) is 0 Å². The molecular formula is C5H4FNS. The maximum absolute atomic E-state index is 11.6. The Morgan fingerprint density at radius 2 is 2.00 bits per heavy atom. The maximum Gasteiger partial charge on any atom is 0.0813 e. The van der Waals surface area contributed by atoms with E-state index in [2.05, 4.69) is 4.98 Å². The predicted octanol–water partition coefficient (Wildman–Crippen LogP) is 2.06. The molecule has 0 radical (unpaired) electrons. The van der Waals surface area contributed by atoms with Crippen LogP contribution in [-0.4, -0.2) is 4.98 Å². The van der Waals surface area contributed by atoms with Gasteiger partial charge in [-0.2, -0.15) is 3.89 Å². The van der Waals surface area contributed by atoms with Gasteiger partial charge in [0.15, 0.2) is 0 Å². The molecule has 0 unspecified atom stereocenters. The van der Waals surface area contributed by atoms with Crippen LogP contribution in [0.15, 0.2) is 29.4 Å². The van der Waals surface area contributed by atoms with Crippen molar-refractivity contribution >= 4 is 12.1 Å². The molecule has 0 amide bonds. The molecule has 0 bridgehead atoms. The van der Waals surface area contributed by atoms with Crippen molar-refractivity contribution in [1.82, 2.24) is 4.98 Å². The van der Waals surface area contributed by atoms with Gasteiger partial charge in [0.2, 0.25) is 0 Å². The van der Waals surface area contributed by atoms with Crippen molar-refractivity contribution in [3.05, 3.63) is 24.5 Å². The molecule has 0 saturated heterocycles. The van der Waals surface area contributed by atoms with Gasteiger partial charge < -0.3 is 0 Å². The highest BCUT2D eigenvalue weighted by molar-refractivity contribution is 7.94. The van der Waals surface area contributed by atoms with Crippen molar-refractivity contribution in [2.45, 2.75) is 4.90 Å². The van der Waals surface area contributed by atoms with Gasteiger partial charge in [-0.15, -0.1) is 0 Å². The van der Waals surface area contributed by atoms with Crippen LogP contribution in [0, 0.1) is 0 Å². The molecule has 1 nitrogen and oxygen atoms in total. The molecule has 0 aliphatic carbocycles. The molecular weight excluding hydrogens is 125 g/mol. The Bertz CT molecular complexity index is 154. The van der Waals surface area contributed by atoms with E-state index in [1.54, 1.807) is 24.5 Å². The van der Waals surface area contributed by atoms with E-state index in [-0.39, 0.29) is 12.1 Å². The minimum absolute atomic E-state index is 0.229. The summed E-state index contributed by atoms with van der Waals surface area (Å²) >= 11 is 0.229. The summed E-state index contributed by atoms with van der Waals surface area (Å²) in [5, 5.41) is 0. The summed E-state index contributed by atoms with van der Waals surface area (Å²) < 4.78 is 11.6. The summed E-state index contributed by atoms with van der Waals surface area (Å²) in [6.45, 7) is 0. The Kier molecular flexibility index (Phi) is 1.86. The van der Waals surface area contributed by atoms with Crippen LogP contribution in [-0.2, 0) is 0 Å². The Hall–Kier alpha value is -0.570. The first-order valence-corrected chi connectivity index (χ1v) is 2.84. The summed E-state index contributed by atoms with van der Waals surface area (Å²) in [6, 6.07) is 3.23. The van der Waals surface area contributed by atoms with E-state index in [1.165, 1.54) is 0 Å². The van der Waals surface area contributed by atoms with Crippen LogP contribution in [0.2, 0.25) is 0 Å². The zero-order chi connectivity index (χ0) is 5.82. The van der Waals surface area contributed by atoms with Gasteiger partial charge in [-0.05, 0) is 12.1 Å². The Morgan fingerprint density at radius 1 is 1.38 bits per heavy atom. The lowest BCUT2D eigenvalue weighted by molar-refractivity contribution is 0.933. The Balaban J connectivity index is 2.83. The first kappa shape index (κ1) is 5.56. The van der Waals surface area contributed by atoms with Gasteiger partial charge in [0, 0.05) is 17.3 Å². The molecule has 1 heterocycles. The molecule has 42 valence electrons. The minimum atomic E-state index is 0.229. The summed E-state index contributed by atoms with van der Waals surface area (Å²) in [7, 11) is 0. The SMILES string of the molecule is FSc1ccncc1. The topological polar surface area (TPSA) is 12.9 Å². The second-order valence-corrected chi connectivity index (χ2v) is 1.89. The molecule has 0 spiro atoms. The number of pyridine rings is 1. The van der Waals surface area contributed by atoms with Gasteiger partial charge in [0.05, 0.1) is 12.1 Å². The van der Waals surface area contributed by atoms with Crippen LogP contribution in [0.25, 0.3) is 0 Å². The number of hydrogen-bond acceptors (Lipinski definition) is 2. The maximum atomic E-state index is 11.6. The first-order chi connectivity index (χ1) is 3.93. The van der Waals surface area contributed by atoms with Crippen LogP contribution < -0.4 is 0 Å². The van der Waals surface area contributed by atoms with Crippen LogP contribution in [0.5, 0.6) is 0 Å². The van der Waals surface area contributed by atoms with Gasteiger partial charge in [-0.3, -0.25) is 4.98 Å². The van der Waals surface area contributed by atoms with E-state index in [4.69, 9.17) is 0 Å². The molecule has 0 aliphatic heterocycles. The first-order valence-electron chi connectivity index (χ1n) is 2.12. The van der Waals surface area contributed by atoms with Crippen LogP contribution in [0.4, 0.5) is 3.89 Å². The summed E-state index contributed by atoms with van der Waals surface area (Å²) in [6.07, 6.45) is 3.11. The highest BCUT2D eigenvalue weighted by atomic mass is 32.2. The number of halogens is 1. The second-order valence-electron chi connectivity index (χ2n) is 1.26. The third kappa shape index (κ3) is 1.20. The van der Waals surface area contributed by atoms with Gasteiger partial charge >= 0.3 is 0 Å². The third-order valence-electron chi connectivity index (χ3n) is 0.739. The summed E-state index contributed by atoms with van der Waals surface area (Å²) in [5.74, 6) is 0. The fraction of sp³-hybridized carbons (Fsp3) is 0. The normalized spacial score (nSPS) is 9.12. The Labute approximate surface area is 51.2 Å². The molecule has 8 heavy (non-hydrogen) atoms. The van der Waals surface area contributed by atoms with Crippen molar-refractivity contribution in [1.29, 1.82) is 0 Å². The highest BCUT2D eigenvalue weighted by Gasteiger charge is 1.85. The number of rotatable bonds is 1. The zero-order valence-corrected chi connectivity index (χ0v) is 4.86. The van der Waals surface area contributed by atoms with Crippen molar-refractivity contribution in [2.24, 2.45) is 0 Å². The number of hydrogen-bond donors (Lipinski definition) is 0. The molecule has 3 heteroatoms. The van der Waals surface area contributed by atoms with Crippen molar-refractivity contribution < 1.29 is 3.89 Å². The van der Waals surface area contributed by atoms with Crippen LogP contribution in [0.3, 0.4) is 0 Å². The van der Waals surface area contributed by atoms with Gasteiger partial charge in [0.25, 0.3) is 0 Å². The zero-order valence-electron chi connectivity index (χ0n) is 4.04. The van der Waals surface area contributed by atoms with E-state index in [9.17, 15) is 3.89 Å². The third-order valence-corrected chi connectivity index (χ3v) is 1.19. The van der Waals surface area contributed by atoms with Crippen molar-refractivity contribution in [3.8, 4) is 0 Å². The molecule has 0 saturated carbocycles. The fourth-order valence-electron chi connectivity index (χ4n) is 0.390. The van der Waals surface area contributed by atoms with Crippen molar-refractivity contribution in [2.75, 3.05) is 0 Å². The highest BCUT2D eigenvalue weighted by Crippen LogP contribution is 2.15. The second kappa shape index (κ2) is 2.67. The van der Waals surface area contributed by atoms with E-state index < -0.39 is 0 Å². The molecule has 0 atom stereocenters. The lowest BCUT2D eigenvalue weighted by Gasteiger charge is -1.84. The van der Waals surface area contributed by atoms with E-state index >= 15 is 0 Å². The van der Waals surface area contributed by atoms with Crippen LogP contribution >= 0.6 is 12.1 Å². The van der Waals surface area contributed by atoms with Crippen LogP contribution in [0.1, 0.15) is 0 Å². The fourth-order valence-corrected chi connectivity index (χ4v) is 0.614. The average molecular weight is 129 g/mol.